The number of anilines is 1. The van der Waals surface area contributed by atoms with Crippen LogP contribution in [0.5, 0.6) is 0 Å². The number of ether oxygens (including phenoxy) is 1. The third-order valence-electron chi connectivity index (χ3n) is 5.38. The highest BCUT2D eigenvalue weighted by Crippen LogP contribution is 2.46. The van der Waals surface area contributed by atoms with Crippen LogP contribution in [0.15, 0.2) is 47.4 Å². The third kappa shape index (κ3) is 6.33. The van der Waals surface area contributed by atoms with Crippen molar-refractivity contribution in [2.24, 2.45) is 5.92 Å². The van der Waals surface area contributed by atoms with E-state index in [0.29, 0.717) is 22.8 Å². The van der Waals surface area contributed by atoms with E-state index in [9.17, 15) is 18.8 Å². The number of hydrogen-bond acceptors (Lipinski definition) is 4. The van der Waals surface area contributed by atoms with Crippen LogP contribution in [0.3, 0.4) is 0 Å². The maximum Gasteiger partial charge on any atom is 0.251 e. The van der Waals surface area contributed by atoms with Gasteiger partial charge in [0, 0.05) is 30.7 Å². The van der Waals surface area contributed by atoms with Crippen molar-refractivity contribution in [1.29, 1.82) is 0 Å². The summed E-state index contributed by atoms with van der Waals surface area (Å²) in [6.07, 6.45) is 6.05. The number of benzene rings is 2. The summed E-state index contributed by atoms with van der Waals surface area (Å²) in [7, 11) is 0.325. The van der Waals surface area contributed by atoms with Gasteiger partial charge in [-0.05, 0) is 48.1 Å². The van der Waals surface area contributed by atoms with Crippen molar-refractivity contribution >= 4 is 33.4 Å². The molecule has 0 radical (unpaired) electrons. The van der Waals surface area contributed by atoms with Gasteiger partial charge in [0.2, 0.25) is 11.8 Å². The van der Waals surface area contributed by atoms with E-state index in [0.717, 1.165) is 5.56 Å². The molecule has 2 aromatic carbocycles. The topological polar surface area (TPSA) is 96.5 Å². The second-order valence-electron chi connectivity index (χ2n) is 8.79. The summed E-state index contributed by atoms with van der Waals surface area (Å²) in [4.78, 5) is 38.1. The summed E-state index contributed by atoms with van der Waals surface area (Å²) in [6.45, 7) is 0.647. The van der Waals surface area contributed by atoms with E-state index in [-0.39, 0.29) is 24.7 Å². The Morgan fingerprint density at radius 2 is 1.88 bits per heavy atom. The molecule has 0 unspecified atom stereocenters. The van der Waals surface area contributed by atoms with Gasteiger partial charge < -0.3 is 20.7 Å². The fourth-order valence-corrected chi connectivity index (χ4v) is 4.73. The summed E-state index contributed by atoms with van der Waals surface area (Å²) in [5.74, 6) is -2.03. The predicted octanol–water partition coefficient (Wildman–Crippen LogP) is 2.96. The van der Waals surface area contributed by atoms with E-state index in [1.54, 1.807) is 31.4 Å². The SMILES string of the molecule is COCc1ccc([C@@H](NC(=O)[C@@H]2CNC(=O)C2)C(=O)Nc2ccc(S(C)(C)C)c(F)c2)cc1. The highest BCUT2D eigenvalue weighted by Gasteiger charge is 2.32. The quantitative estimate of drug-likeness (QED) is 0.547. The average molecular weight is 476 g/mol. The first-order chi connectivity index (χ1) is 15.6. The van der Waals surface area contributed by atoms with Crippen molar-refractivity contribution in [2.75, 3.05) is 37.7 Å². The van der Waals surface area contributed by atoms with Crippen LogP contribution in [-0.2, 0) is 25.7 Å². The van der Waals surface area contributed by atoms with Gasteiger partial charge in [0.1, 0.15) is 11.9 Å². The lowest BCUT2D eigenvalue weighted by Crippen LogP contribution is -2.40. The largest absolute Gasteiger partial charge is 0.380 e. The monoisotopic (exact) mass is 475 g/mol. The maximum atomic E-state index is 14.6. The fourth-order valence-electron chi connectivity index (χ4n) is 3.61. The summed E-state index contributed by atoms with van der Waals surface area (Å²) in [5.41, 5.74) is 1.78. The smallest absolute Gasteiger partial charge is 0.251 e. The zero-order valence-corrected chi connectivity index (χ0v) is 20.1. The average Bonchev–Trinajstić information content (AvgIpc) is 3.18. The fraction of sp³-hybridized carbons (Fsp3) is 0.375. The van der Waals surface area contributed by atoms with Gasteiger partial charge >= 0.3 is 0 Å². The van der Waals surface area contributed by atoms with Gasteiger partial charge in [-0.1, -0.05) is 24.3 Å². The van der Waals surface area contributed by atoms with Crippen LogP contribution in [0.25, 0.3) is 0 Å². The Hall–Kier alpha value is -2.91. The Bertz CT molecular complexity index is 1040. The van der Waals surface area contributed by atoms with Crippen LogP contribution in [0.1, 0.15) is 23.6 Å². The normalized spacial score (nSPS) is 17.2. The van der Waals surface area contributed by atoms with Crippen molar-refractivity contribution in [3.63, 3.8) is 0 Å². The van der Waals surface area contributed by atoms with Crippen LogP contribution in [-0.4, -0.2) is 50.1 Å². The Morgan fingerprint density at radius 3 is 2.42 bits per heavy atom. The molecule has 1 fully saturated rings. The number of amides is 3. The first-order valence-electron chi connectivity index (χ1n) is 10.5. The number of hydrogen-bond donors (Lipinski definition) is 3. The van der Waals surface area contributed by atoms with Crippen molar-refractivity contribution in [2.45, 2.75) is 24.0 Å². The molecule has 0 spiro atoms. The van der Waals surface area contributed by atoms with Crippen LogP contribution < -0.4 is 16.0 Å². The Kier molecular flexibility index (Phi) is 7.76. The third-order valence-corrected chi connectivity index (χ3v) is 7.03. The summed E-state index contributed by atoms with van der Waals surface area (Å²) in [6, 6.07) is 10.7. The van der Waals surface area contributed by atoms with Gasteiger partial charge in [0.05, 0.1) is 12.5 Å². The van der Waals surface area contributed by atoms with Crippen molar-refractivity contribution < 1.29 is 23.5 Å². The van der Waals surface area contributed by atoms with E-state index in [4.69, 9.17) is 4.74 Å². The molecule has 3 rings (SSSR count). The molecule has 9 heteroatoms. The number of nitrogens with one attached hydrogen (secondary N) is 3. The van der Waals surface area contributed by atoms with E-state index < -0.39 is 33.8 Å². The van der Waals surface area contributed by atoms with Crippen molar-refractivity contribution in [3.05, 3.63) is 59.4 Å². The van der Waals surface area contributed by atoms with Crippen LogP contribution in [0.4, 0.5) is 10.1 Å². The highest BCUT2D eigenvalue weighted by atomic mass is 32.3. The number of carbonyl (C=O) groups excluding carboxylic acids is 3. The molecule has 178 valence electrons. The Morgan fingerprint density at radius 1 is 1.18 bits per heavy atom. The lowest BCUT2D eigenvalue weighted by molar-refractivity contribution is -0.129. The highest BCUT2D eigenvalue weighted by molar-refractivity contribution is 8.32. The molecule has 2 atom stereocenters. The molecule has 3 amide bonds. The molecule has 33 heavy (non-hydrogen) atoms. The summed E-state index contributed by atoms with van der Waals surface area (Å²) >= 11 is 0. The van der Waals surface area contributed by atoms with Gasteiger partial charge in [0.25, 0.3) is 5.91 Å². The second kappa shape index (κ2) is 10.4. The standard InChI is InChI=1S/C24H30FN3O4S/c1-32-14-15-5-7-16(8-6-15)22(28-23(30)17-11-21(29)26-13-17)24(31)27-18-9-10-20(19(25)12-18)33(2,3)4/h5-10,12,17,22H,11,13-14H2,1-4H3,(H,26,29)(H,27,31)(H,28,30)/t17-,22+/m0/s1. The minimum atomic E-state index is -1.27. The molecule has 1 heterocycles. The van der Waals surface area contributed by atoms with E-state index in [2.05, 4.69) is 16.0 Å². The van der Waals surface area contributed by atoms with Gasteiger partial charge in [-0.2, -0.15) is 0 Å². The molecule has 7 nitrogen and oxygen atoms in total. The van der Waals surface area contributed by atoms with Gasteiger partial charge in [-0.15, -0.1) is 0 Å². The maximum absolute atomic E-state index is 14.6. The van der Waals surface area contributed by atoms with Crippen LogP contribution in [0.2, 0.25) is 0 Å². The van der Waals surface area contributed by atoms with Gasteiger partial charge in [0.15, 0.2) is 0 Å². The molecule has 0 aliphatic carbocycles. The first-order valence-corrected chi connectivity index (χ1v) is 13.4. The molecular weight excluding hydrogens is 445 g/mol. The number of carbonyl (C=O) groups is 3. The Labute approximate surface area is 194 Å². The van der Waals surface area contributed by atoms with Gasteiger partial charge in [-0.25, -0.2) is 14.4 Å². The van der Waals surface area contributed by atoms with E-state index in [1.165, 1.54) is 6.07 Å². The molecule has 3 N–H and O–H groups in total. The minimum Gasteiger partial charge on any atom is -0.380 e. The number of rotatable bonds is 8. The second-order valence-corrected chi connectivity index (χ2v) is 12.9. The Balaban J connectivity index is 1.83. The molecular formula is C24H30FN3O4S. The van der Waals surface area contributed by atoms with Crippen LogP contribution >= 0.6 is 10.0 Å². The molecule has 1 aliphatic heterocycles. The predicted molar refractivity (Wildman–Crippen MR) is 128 cm³/mol. The molecule has 1 aliphatic rings. The molecule has 2 aromatic rings. The number of halogens is 1. The lowest BCUT2D eigenvalue weighted by Gasteiger charge is -2.26. The van der Waals surface area contributed by atoms with Crippen molar-refractivity contribution in [3.8, 4) is 0 Å². The summed E-state index contributed by atoms with van der Waals surface area (Å²) in [5, 5.41) is 8.09. The van der Waals surface area contributed by atoms with Crippen LogP contribution in [0, 0.1) is 11.7 Å². The first kappa shape index (κ1) is 24.7. The van der Waals surface area contributed by atoms with E-state index in [1.807, 2.05) is 30.9 Å². The molecule has 1 saturated heterocycles. The summed E-state index contributed by atoms with van der Waals surface area (Å²) < 4.78 is 19.8. The molecule has 0 aromatic heterocycles. The lowest BCUT2D eigenvalue weighted by atomic mass is 10.0. The zero-order valence-electron chi connectivity index (χ0n) is 19.2. The number of methoxy groups -OCH3 is 1. The minimum absolute atomic E-state index is 0.0781. The van der Waals surface area contributed by atoms with Crippen molar-refractivity contribution in [1.82, 2.24) is 10.6 Å². The zero-order chi connectivity index (χ0) is 24.2. The van der Waals surface area contributed by atoms with E-state index >= 15 is 0 Å². The van der Waals surface area contributed by atoms with Gasteiger partial charge in [-0.3, -0.25) is 14.4 Å². The molecule has 0 saturated carbocycles. The molecule has 0 bridgehead atoms.